The molecule has 2 N–H and O–H groups in total. The number of urea groups is 1. The zero-order valence-electron chi connectivity index (χ0n) is 13.0. The topological polar surface area (TPSA) is 50.4 Å². The van der Waals surface area contributed by atoms with Crippen molar-refractivity contribution in [3.8, 4) is 5.75 Å². The highest BCUT2D eigenvalue weighted by atomic mass is 35.5. The summed E-state index contributed by atoms with van der Waals surface area (Å²) in [5, 5.41) is 6.85. The third-order valence-corrected chi connectivity index (χ3v) is 4.14. The number of nitrogens with one attached hydrogen (secondary N) is 2. The monoisotopic (exact) mass is 352 g/mol. The van der Waals surface area contributed by atoms with E-state index < -0.39 is 0 Å². The fourth-order valence-electron chi connectivity index (χ4n) is 2.11. The van der Waals surface area contributed by atoms with Crippen LogP contribution >= 0.6 is 23.2 Å². The van der Waals surface area contributed by atoms with Gasteiger partial charge in [-0.2, -0.15) is 0 Å². The molecule has 122 valence electrons. The van der Waals surface area contributed by atoms with Gasteiger partial charge in [-0.1, -0.05) is 41.4 Å². The molecule has 2 aromatic carbocycles. The number of methoxy groups -OCH3 is 1. The molecular formula is C17H18Cl2N2O2. The van der Waals surface area contributed by atoms with Crippen LogP contribution in [0, 0.1) is 6.92 Å². The van der Waals surface area contributed by atoms with Crippen molar-refractivity contribution in [3.05, 3.63) is 57.6 Å². The first-order valence-corrected chi connectivity index (χ1v) is 7.89. The van der Waals surface area contributed by atoms with Crippen LogP contribution in [-0.4, -0.2) is 19.7 Å². The molecule has 6 heteroatoms. The van der Waals surface area contributed by atoms with Gasteiger partial charge < -0.3 is 15.4 Å². The molecule has 0 aliphatic rings. The number of ether oxygens (including phenoxy) is 1. The Morgan fingerprint density at radius 1 is 1.17 bits per heavy atom. The predicted molar refractivity (Wildman–Crippen MR) is 94.9 cm³/mol. The quantitative estimate of drug-likeness (QED) is 0.820. The fourth-order valence-corrected chi connectivity index (χ4v) is 2.49. The Morgan fingerprint density at radius 2 is 1.91 bits per heavy atom. The number of anilines is 1. The van der Waals surface area contributed by atoms with E-state index in [0.717, 1.165) is 11.1 Å². The maximum absolute atomic E-state index is 12.0. The van der Waals surface area contributed by atoms with Crippen molar-refractivity contribution in [3.63, 3.8) is 0 Å². The van der Waals surface area contributed by atoms with Crippen molar-refractivity contribution < 1.29 is 9.53 Å². The van der Waals surface area contributed by atoms with Crippen LogP contribution in [0.15, 0.2) is 36.4 Å². The molecule has 0 saturated heterocycles. The number of halogens is 2. The van der Waals surface area contributed by atoms with Crippen molar-refractivity contribution in [2.24, 2.45) is 0 Å². The standard InChI is InChI=1S/C17H18Cl2N2O2/c1-11-9-15(16(23-2)10-14(11)19)21-17(22)20-8-7-12-5-3-4-6-13(12)18/h3-6,9-10H,7-8H2,1-2H3,(H2,20,21,22). The average molecular weight is 353 g/mol. The van der Waals surface area contributed by atoms with Crippen molar-refractivity contribution in [1.29, 1.82) is 0 Å². The van der Waals surface area contributed by atoms with E-state index >= 15 is 0 Å². The normalized spacial score (nSPS) is 10.3. The second kappa shape index (κ2) is 8.09. The molecule has 0 aliphatic carbocycles. The highest BCUT2D eigenvalue weighted by molar-refractivity contribution is 6.31. The average Bonchev–Trinajstić information content (AvgIpc) is 2.52. The summed E-state index contributed by atoms with van der Waals surface area (Å²) in [5.74, 6) is 0.516. The van der Waals surface area contributed by atoms with E-state index in [-0.39, 0.29) is 6.03 Å². The zero-order chi connectivity index (χ0) is 16.8. The van der Waals surface area contributed by atoms with Crippen LogP contribution in [0.5, 0.6) is 5.75 Å². The molecule has 0 saturated carbocycles. The van der Waals surface area contributed by atoms with E-state index in [2.05, 4.69) is 10.6 Å². The molecule has 2 aromatic rings. The van der Waals surface area contributed by atoms with E-state index in [0.29, 0.717) is 34.4 Å². The van der Waals surface area contributed by atoms with Gasteiger partial charge in [0.25, 0.3) is 0 Å². The number of carbonyl (C=O) groups is 1. The van der Waals surface area contributed by atoms with E-state index in [9.17, 15) is 4.79 Å². The lowest BCUT2D eigenvalue weighted by atomic mass is 10.1. The summed E-state index contributed by atoms with van der Waals surface area (Å²) < 4.78 is 5.23. The smallest absolute Gasteiger partial charge is 0.319 e. The lowest BCUT2D eigenvalue weighted by Crippen LogP contribution is -2.30. The summed E-state index contributed by atoms with van der Waals surface area (Å²) in [6.45, 7) is 2.34. The van der Waals surface area contributed by atoms with E-state index in [1.165, 1.54) is 7.11 Å². The molecule has 0 heterocycles. The first kappa shape index (κ1) is 17.4. The van der Waals surface area contributed by atoms with Gasteiger partial charge in [-0.15, -0.1) is 0 Å². The Morgan fingerprint density at radius 3 is 2.61 bits per heavy atom. The first-order valence-electron chi connectivity index (χ1n) is 7.13. The van der Waals surface area contributed by atoms with Crippen LogP contribution in [-0.2, 0) is 6.42 Å². The molecule has 2 rings (SSSR count). The second-order valence-electron chi connectivity index (χ2n) is 5.02. The van der Waals surface area contributed by atoms with Gasteiger partial charge in [0.15, 0.2) is 0 Å². The predicted octanol–water partition coefficient (Wildman–Crippen LogP) is 4.67. The molecule has 4 nitrogen and oxygen atoms in total. The van der Waals surface area contributed by atoms with Crippen LogP contribution in [0.4, 0.5) is 10.5 Å². The highest BCUT2D eigenvalue weighted by Crippen LogP contribution is 2.30. The lowest BCUT2D eigenvalue weighted by molar-refractivity contribution is 0.252. The van der Waals surface area contributed by atoms with Gasteiger partial charge in [-0.05, 0) is 36.6 Å². The number of benzene rings is 2. The number of hydrogen-bond donors (Lipinski definition) is 2. The van der Waals surface area contributed by atoms with Gasteiger partial charge in [0.05, 0.1) is 12.8 Å². The number of rotatable bonds is 5. The zero-order valence-corrected chi connectivity index (χ0v) is 14.5. The molecule has 23 heavy (non-hydrogen) atoms. The first-order chi connectivity index (χ1) is 11.0. The van der Waals surface area contributed by atoms with Crippen LogP contribution in [0.25, 0.3) is 0 Å². The molecule has 0 fully saturated rings. The van der Waals surface area contributed by atoms with Gasteiger partial charge in [-0.25, -0.2) is 4.79 Å². The summed E-state index contributed by atoms with van der Waals surface area (Å²) in [6.07, 6.45) is 0.657. The lowest BCUT2D eigenvalue weighted by Gasteiger charge is -2.13. The van der Waals surface area contributed by atoms with Crippen LogP contribution in [0.3, 0.4) is 0 Å². The Hall–Kier alpha value is -1.91. The van der Waals surface area contributed by atoms with Gasteiger partial charge in [0, 0.05) is 22.7 Å². The Balaban J connectivity index is 1.93. The molecule has 2 amide bonds. The molecule has 0 bridgehead atoms. The minimum absolute atomic E-state index is 0.308. The Kier molecular flexibility index (Phi) is 6.13. The maximum atomic E-state index is 12.0. The highest BCUT2D eigenvalue weighted by Gasteiger charge is 2.10. The molecule has 0 atom stereocenters. The van der Waals surface area contributed by atoms with Crippen LogP contribution in [0.1, 0.15) is 11.1 Å². The number of carbonyl (C=O) groups excluding carboxylic acids is 1. The molecule has 0 unspecified atom stereocenters. The minimum atomic E-state index is -0.308. The van der Waals surface area contributed by atoms with Crippen molar-refractivity contribution >= 4 is 34.9 Å². The van der Waals surface area contributed by atoms with E-state index in [1.807, 2.05) is 31.2 Å². The fraction of sp³-hybridized carbons (Fsp3) is 0.235. The van der Waals surface area contributed by atoms with Crippen molar-refractivity contribution in [2.45, 2.75) is 13.3 Å². The van der Waals surface area contributed by atoms with E-state index in [4.69, 9.17) is 27.9 Å². The molecule has 0 radical (unpaired) electrons. The summed E-state index contributed by atoms with van der Waals surface area (Å²) in [6, 6.07) is 10.7. The number of aryl methyl sites for hydroxylation is 1. The Labute approximate surface area is 145 Å². The maximum Gasteiger partial charge on any atom is 0.319 e. The largest absolute Gasteiger partial charge is 0.495 e. The van der Waals surface area contributed by atoms with Gasteiger partial charge in [-0.3, -0.25) is 0 Å². The number of amides is 2. The SMILES string of the molecule is COc1cc(Cl)c(C)cc1NC(=O)NCCc1ccccc1Cl. The summed E-state index contributed by atoms with van der Waals surface area (Å²) in [7, 11) is 1.53. The van der Waals surface area contributed by atoms with Gasteiger partial charge in [0.2, 0.25) is 0 Å². The molecular weight excluding hydrogens is 335 g/mol. The third-order valence-electron chi connectivity index (χ3n) is 3.37. The number of hydrogen-bond acceptors (Lipinski definition) is 2. The summed E-state index contributed by atoms with van der Waals surface area (Å²) in [5.41, 5.74) is 2.43. The van der Waals surface area contributed by atoms with Crippen LogP contribution < -0.4 is 15.4 Å². The molecule has 0 aliphatic heterocycles. The summed E-state index contributed by atoms with van der Waals surface area (Å²) in [4.78, 5) is 12.0. The van der Waals surface area contributed by atoms with Crippen molar-refractivity contribution in [1.82, 2.24) is 5.32 Å². The minimum Gasteiger partial charge on any atom is -0.495 e. The van der Waals surface area contributed by atoms with E-state index in [1.54, 1.807) is 12.1 Å². The second-order valence-corrected chi connectivity index (χ2v) is 5.84. The van der Waals surface area contributed by atoms with Gasteiger partial charge in [0.1, 0.15) is 5.75 Å². The molecule has 0 spiro atoms. The molecule has 0 aromatic heterocycles. The third kappa shape index (κ3) is 4.78. The van der Waals surface area contributed by atoms with Crippen LogP contribution in [0.2, 0.25) is 10.0 Å². The summed E-state index contributed by atoms with van der Waals surface area (Å²) >= 11 is 12.1. The van der Waals surface area contributed by atoms with Gasteiger partial charge >= 0.3 is 6.03 Å². The van der Waals surface area contributed by atoms with Crippen molar-refractivity contribution in [2.75, 3.05) is 19.0 Å². The Bertz CT molecular complexity index is 705.